The molecular weight excluding hydrogens is 1150 g/mol. The van der Waals surface area contributed by atoms with Crippen LogP contribution in [-0.4, -0.2) is 45.8 Å². The molecule has 3 aromatic carbocycles. The van der Waals surface area contributed by atoms with Gasteiger partial charge in [-0.3, -0.25) is 0 Å². The average molecular weight is 1280 g/mol. The van der Waals surface area contributed by atoms with Crippen LogP contribution in [0.1, 0.15) is 395 Å². The maximum absolute atomic E-state index is 5.45. The van der Waals surface area contributed by atoms with Crippen LogP contribution in [0.3, 0.4) is 0 Å². The zero-order valence-corrected chi connectivity index (χ0v) is 59.1. The van der Waals surface area contributed by atoms with E-state index in [9.17, 15) is 0 Å². The molecule has 7 rings (SSSR count). The number of fused-ring (bicyclic) bond motifs is 10. The molecule has 470 valence electrons. The molecule has 2 aromatic heterocycles. The van der Waals surface area contributed by atoms with Crippen LogP contribution in [0.15, 0.2) is 24.3 Å². The summed E-state index contributed by atoms with van der Waals surface area (Å²) in [6.45, 7) is 14.1. The van der Waals surface area contributed by atoms with Gasteiger partial charge in [-0.15, -0.1) is 0 Å². The van der Waals surface area contributed by atoms with Crippen molar-refractivity contribution in [2.45, 2.75) is 386 Å². The zero-order valence-electron chi connectivity index (χ0n) is 55.7. The second-order valence-corrected chi connectivity index (χ2v) is 30.0. The van der Waals surface area contributed by atoms with Crippen molar-refractivity contribution in [3.63, 3.8) is 0 Å². The van der Waals surface area contributed by atoms with E-state index in [2.05, 4.69) is 65.8 Å². The molecule has 0 saturated heterocycles. The molecule has 0 saturated carbocycles. The molecule has 5 aromatic rings. The number of unbranched alkanes of at least 4 members (excludes halogenated alkanes) is 44. The van der Waals surface area contributed by atoms with Crippen molar-refractivity contribution in [3.8, 4) is 22.3 Å². The summed E-state index contributed by atoms with van der Waals surface area (Å²) in [5.74, 6) is 0. The van der Waals surface area contributed by atoms with Crippen molar-refractivity contribution in [1.29, 1.82) is 0 Å². The van der Waals surface area contributed by atoms with Crippen LogP contribution in [-0.2, 0) is 10.8 Å². The topological polar surface area (TPSA) is 51.6 Å². The van der Waals surface area contributed by atoms with Gasteiger partial charge in [0.15, 0.2) is 0 Å². The molecule has 0 atom stereocenters. The van der Waals surface area contributed by atoms with E-state index in [-0.39, 0.29) is 40.8 Å². The van der Waals surface area contributed by atoms with E-state index in [1.54, 1.807) is 22.3 Å². The number of nitrogens with zero attached hydrogens (tertiary/aromatic N) is 4. The van der Waals surface area contributed by atoms with Gasteiger partial charge >= 0.3 is 352 Å². The van der Waals surface area contributed by atoms with Gasteiger partial charge in [0.2, 0.25) is 0 Å². The molecule has 4 nitrogen and oxygen atoms in total. The van der Waals surface area contributed by atoms with Gasteiger partial charge < -0.3 is 0 Å². The molecule has 0 spiro atoms. The van der Waals surface area contributed by atoms with Crippen LogP contribution in [0.25, 0.3) is 44.3 Å². The van der Waals surface area contributed by atoms with Crippen molar-refractivity contribution >= 4 is 52.0 Å². The number of hydrogen-bond donors (Lipinski definition) is 0. The minimum atomic E-state index is -0.0799. The SMILES string of the molecule is CCCCCCCCCCCCCCC1(CCCCCCCCCCCCCC)c2cc3c(cc2-c2c1cc(C)c1n[se]nc21)C(CCCCCCCCCCCCCC)(CCCCCCCCCCCCCC)c1cc(C)c2n[se]nc2c1-3. The fourth-order valence-corrected chi connectivity index (χ4v) is 18.6. The number of rotatable bonds is 52. The Kier molecular flexibility index (Phi) is 32.9. The number of aryl methyl sites for hydroxylation is 2. The van der Waals surface area contributed by atoms with Crippen molar-refractivity contribution < 1.29 is 0 Å². The fourth-order valence-electron chi connectivity index (χ4n) is 16.0. The summed E-state index contributed by atoms with van der Waals surface area (Å²) in [5.41, 5.74) is 20.1. The summed E-state index contributed by atoms with van der Waals surface area (Å²) in [5, 5.41) is 0. The summed E-state index contributed by atoms with van der Waals surface area (Å²) < 4.78 is 21.3. The van der Waals surface area contributed by atoms with Crippen LogP contribution in [0.4, 0.5) is 0 Å². The zero-order chi connectivity index (χ0) is 58.9. The van der Waals surface area contributed by atoms with Crippen molar-refractivity contribution in [2.75, 3.05) is 0 Å². The maximum atomic E-state index is 5.45. The predicted molar refractivity (Wildman–Crippen MR) is 371 cm³/mol. The van der Waals surface area contributed by atoms with Gasteiger partial charge in [0, 0.05) is 0 Å². The molecule has 0 N–H and O–H groups in total. The Morgan fingerprint density at radius 2 is 0.452 bits per heavy atom. The van der Waals surface area contributed by atoms with Crippen LogP contribution >= 0.6 is 0 Å². The van der Waals surface area contributed by atoms with E-state index in [0.717, 1.165) is 0 Å². The summed E-state index contributed by atoms with van der Waals surface area (Å²) >= 11 is -0.160. The van der Waals surface area contributed by atoms with Crippen molar-refractivity contribution in [1.82, 2.24) is 15.9 Å². The van der Waals surface area contributed by atoms with Gasteiger partial charge in [0.25, 0.3) is 0 Å². The molecule has 0 fully saturated rings. The van der Waals surface area contributed by atoms with Gasteiger partial charge in [-0.05, 0) is 0 Å². The molecule has 2 heterocycles. The first kappa shape index (κ1) is 69.4. The Hall–Kier alpha value is -2.10. The summed E-state index contributed by atoms with van der Waals surface area (Å²) in [6.07, 6.45) is 71.9. The van der Waals surface area contributed by atoms with Gasteiger partial charge in [-0.1, -0.05) is 182 Å². The normalized spacial score (nSPS) is 13.9. The molecule has 6 heteroatoms. The number of aromatic nitrogens is 4. The van der Waals surface area contributed by atoms with Gasteiger partial charge in [0.05, 0.1) is 0 Å². The van der Waals surface area contributed by atoms with Crippen LogP contribution in [0.5, 0.6) is 0 Å². The van der Waals surface area contributed by atoms with E-state index in [0.29, 0.717) is 0 Å². The Labute approximate surface area is 530 Å². The van der Waals surface area contributed by atoms with E-state index in [4.69, 9.17) is 15.9 Å². The van der Waals surface area contributed by atoms with E-state index in [1.807, 2.05) is 0 Å². The fraction of sp³-hybridized carbons (Fsp3) is 0.769. The van der Waals surface area contributed by atoms with Crippen molar-refractivity contribution in [3.05, 3.63) is 57.6 Å². The molecule has 0 unspecified atom stereocenters. The first-order valence-electron chi connectivity index (χ1n) is 37.2. The molecule has 0 aliphatic heterocycles. The molecule has 2 aliphatic carbocycles. The third-order valence-corrected chi connectivity index (χ3v) is 23.3. The Balaban J connectivity index is 1.19. The quantitative estimate of drug-likeness (QED) is 0.0288. The first-order chi connectivity index (χ1) is 41.5. The molecular formula is C78H126N4Se2. The first-order valence-corrected chi connectivity index (χ1v) is 40.2. The standard InChI is InChI=1S/C78H126N4Se2/c1-7-11-15-19-23-27-31-35-39-43-47-51-55-77(56-52-48-44-40-36-32-28-24-20-16-12-8-2)67-61-66-68(62-65(67)71-69(77)59-63(5)73-75(71)81-83-79-73)78(70-60-64(6)74-76(72(66)70)82-84-80-74,57-53-49-45-41-37-33-29-25-21-17-13-9-3)58-54-50-46-42-38-34-30-26-22-18-14-10-4/h59-62H,7-58H2,1-6H3. The summed E-state index contributed by atoms with van der Waals surface area (Å²) in [6, 6.07) is 11.0. The van der Waals surface area contributed by atoms with E-state index in [1.165, 1.54) is 389 Å². The molecule has 2 aliphatic rings. The van der Waals surface area contributed by atoms with E-state index < -0.39 is 0 Å². The van der Waals surface area contributed by atoms with Crippen LogP contribution < -0.4 is 0 Å². The number of hydrogen-bond acceptors (Lipinski definition) is 4. The Bertz CT molecular complexity index is 2330. The van der Waals surface area contributed by atoms with Crippen LogP contribution in [0.2, 0.25) is 0 Å². The molecule has 0 bridgehead atoms. The summed E-state index contributed by atoms with van der Waals surface area (Å²) in [4.78, 5) is 0. The summed E-state index contributed by atoms with van der Waals surface area (Å²) in [7, 11) is 0. The Morgan fingerprint density at radius 3 is 0.679 bits per heavy atom. The van der Waals surface area contributed by atoms with Crippen LogP contribution in [0, 0.1) is 13.8 Å². The second-order valence-electron chi connectivity index (χ2n) is 27.8. The van der Waals surface area contributed by atoms with Gasteiger partial charge in [0.1, 0.15) is 0 Å². The minimum absolute atomic E-state index is 0.0165. The van der Waals surface area contributed by atoms with Gasteiger partial charge in [-0.2, -0.15) is 0 Å². The predicted octanol–water partition coefficient (Wildman–Crippen LogP) is 25.2. The monoisotopic (exact) mass is 1280 g/mol. The molecule has 0 radical (unpaired) electrons. The molecule has 84 heavy (non-hydrogen) atoms. The average Bonchev–Trinajstić information content (AvgIpc) is 1.54. The third-order valence-electron chi connectivity index (χ3n) is 21.0. The Morgan fingerprint density at radius 1 is 0.250 bits per heavy atom. The molecule has 0 amide bonds. The second kappa shape index (κ2) is 39.8. The van der Waals surface area contributed by atoms with E-state index >= 15 is 0 Å². The third kappa shape index (κ3) is 19.9. The van der Waals surface area contributed by atoms with Crippen molar-refractivity contribution in [2.24, 2.45) is 0 Å². The van der Waals surface area contributed by atoms with Gasteiger partial charge in [-0.25, -0.2) is 0 Å². The number of benzene rings is 3.